The topological polar surface area (TPSA) is 66.0 Å². The van der Waals surface area contributed by atoms with E-state index in [4.69, 9.17) is 9.68 Å². The van der Waals surface area contributed by atoms with Crippen LogP contribution in [0.1, 0.15) is 34.5 Å². The van der Waals surface area contributed by atoms with Crippen LogP contribution in [0.4, 0.5) is 0 Å². The summed E-state index contributed by atoms with van der Waals surface area (Å²) in [4.78, 5) is 12.0. The highest BCUT2D eigenvalue weighted by atomic mass is 79.9. The predicted molar refractivity (Wildman–Crippen MR) is 73.4 cm³/mol. The van der Waals surface area contributed by atoms with Crippen LogP contribution in [-0.4, -0.2) is 5.91 Å². The predicted octanol–water partition coefficient (Wildman–Crippen LogP) is 3.40. The number of halogens is 1. The summed E-state index contributed by atoms with van der Waals surface area (Å²) in [7, 11) is 0. The summed E-state index contributed by atoms with van der Waals surface area (Å²) in [5.74, 6) is -0.211. The molecular weight excluding hydrogens is 308 g/mol. The maximum absolute atomic E-state index is 12.0. The van der Waals surface area contributed by atoms with Gasteiger partial charge in [-0.1, -0.05) is 12.1 Å². The maximum atomic E-state index is 12.0. The van der Waals surface area contributed by atoms with Gasteiger partial charge in [0.2, 0.25) is 0 Å². The summed E-state index contributed by atoms with van der Waals surface area (Å²) in [5, 5.41) is 11.6. The van der Waals surface area contributed by atoms with Crippen molar-refractivity contribution < 1.29 is 9.21 Å². The number of carbonyl (C=O) groups excluding carboxylic acids is 1. The number of hydrogen-bond donors (Lipinski definition) is 1. The van der Waals surface area contributed by atoms with E-state index in [9.17, 15) is 4.79 Å². The largest absolute Gasteiger partial charge is 0.457 e. The second-order valence-corrected chi connectivity index (χ2v) is 4.76. The SMILES string of the molecule is CC(NC(=O)c1ccoc1Br)c1ccc(C#N)cc1. The summed E-state index contributed by atoms with van der Waals surface area (Å²) in [6.07, 6.45) is 1.45. The van der Waals surface area contributed by atoms with Crippen LogP contribution in [0.2, 0.25) is 0 Å². The van der Waals surface area contributed by atoms with E-state index in [2.05, 4.69) is 27.3 Å². The van der Waals surface area contributed by atoms with Gasteiger partial charge in [0.15, 0.2) is 4.67 Å². The number of nitriles is 1. The Labute approximate surface area is 119 Å². The molecule has 1 amide bonds. The van der Waals surface area contributed by atoms with Gasteiger partial charge < -0.3 is 9.73 Å². The van der Waals surface area contributed by atoms with Gasteiger partial charge in [-0.2, -0.15) is 5.26 Å². The highest BCUT2D eigenvalue weighted by Crippen LogP contribution is 2.19. The van der Waals surface area contributed by atoms with Crippen LogP contribution in [0.3, 0.4) is 0 Å². The number of rotatable bonds is 3. The smallest absolute Gasteiger partial charge is 0.256 e. The van der Waals surface area contributed by atoms with E-state index in [0.29, 0.717) is 15.8 Å². The minimum atomic E-state index is -0.211. The molecule has 19 heavy (non-hydrogen) atoms. The first-order valence-electron chi connectivity index (χ1n) is 5.65. The van der Waals surface area contributed by atoms with Crippen LogP contribution < -0.4 is 5.32 Å². The molecule has 0 aliphatic heterocycles. The Kier molecular flexibility index (Phi) is 4.03. The zero-order valence-corrected chi connectivity index (χ0v) is 11.8. The summed E-state index contributed by atoms with van der Waals surface area (Å²) in [6.45, 7) is 1.88. The number of nitrogens with zero attached hydrogens (tertiary/aromatic N) is 1. The molecule has 1 N–H and O–H groups in total. The summed E-state index contributed by atoms with van der Waals surface area (Å²) < 4.78 is 5.44. The monoisotopic (exact) mass is 318 g/mol. The fourth-order valence-electron chi connectivity index (χ4n) is 1.66. The van der Waals surface area contributed by atoms with E-state index in [1.165, 1.54) is 6.26 Å². The highest BCUT2D eigenvalue weighted by molar-refractivity contribution is 9.10. The van der Waals surface area contributed by atoms with Gasteiger partial charge in [0, 0.05) is 0 Å². The lowest BCUT2D eigenvalue weighted by Crippen LogP contribution is -2.26. The standard InChI is InChI=1S/C14H11BrN2O2/c1-9(11-4-2-10(8-16)3-5-11)17-14(18)12-6-7-19-13(12)15/h2-7,9H,1H3,(H,17,18). The van der Waals surface area contributed by atoms with E-state index in [0.717, 1.165) is 5.56 Å². The van der Waals surface area contributed by atoms with Crippen LogP contribution in [0.25, 0.3) is 0 Å². The maximum Gasteiger partial charge on any atom is 0.256 e. The lowest BCUT2D eigenvalue weighted by Gasteiger charge is -2.13. The Morgan fingerprint density at radius 1 is 1.37 bits per heavy atom. The molecule has 0 fully saturated rings. The highest BCUT2D eigenvalue weighted by Gasteiger charge is 2.15. The van der Waals surface area contributed by atoms with Gasteiger partial charge >= 0.3 is 0 Å². The second kappa shape index (κ2) is 5.72. The molecule has 0 radical (unpaired) electrons. The third-order valence-electron chi connectivity index (χ3n) is 2.75. The molecule has 0 spiro atoms. The van der Waals surface area contributed by atoms with Gasteiger partial charge in [-0.3, -0.25) is 4.79 Å². The van der Waals surface area contributed by atoms with E-state index >= 15 is 0 Å². The van der Waals surface area contributed by atoms with E-state index in [1.807, 2.05) is 19.1 Å². The molecule has 1 atom stereocenters. The van der Waals surface area contributed by atoms with Crippen LogP contribution in [0, 0.1) is 11.3 Å². The molecule has 2 aromatic rings. The van der Waals surface area contributed by atoms with Crippen LogP contribution >= 0.6 is 15.9 Å². The lowest BCUT2D eigenvalue weighted by atomic mass is 10.1. The first-order valence-corrected chi connectivity index (χ1v) is 6.45. The number of amides is 1. The second-order valence-electron chi connectivity index (χ2n) is 4.04. The third kappa shape index (κ3) is 3.04. The minimum Gasteiger partial charge on any atom is -0.457 e. The number of carbonyl (C=O) groups is 1. The average Bonchev–Trinajstić information content (AvgIpc) is 2.85. The van der Waals surface area contributed by atoms with Gasteiger partial charge in [0.05, 0.1) is 29.5 Å². The molecule has 0 aliphatic carbocycles. The molecule has 0 bridgehead atoms. The first-order chi connectivity index (χ1) is 9.11. The van der Waals surface area contributed by atoms with Gasteiger partial charge in [-0.05, 0) is 46.6 Å². The zero-order chi connectivity index (χ0) is 13.8. The Bertz CT molecular complexity index is 626. The molecule has 0 aliphatic rings. The molecule has 96 valence electrons. The molecular formula is C14H11BrN2O2. The number of nitrogens with one attached hydrogen (secondary N) is 1. The molecule has 0 saturated carbocycles. The van der Waals surface area contributed by atoms with Crippen LogP contribution in [0.15, 0.2) is 45.7 Å². The van der Waals surface area contributed by atoms with Crippen molar-refractivity contribution in [2.24, 2.45) is 0 Å². The normalized spacial score (nSPS) is 11.6. The zero-order valence-electron chi connectivity index (χ0n) is 10.2. The molecule has 1 unspecified atom stereocenters. The van der Waals surface area contributed by atoms with Gasteiger partial charge in [-0.25, -0.2) is 0 Å². The van der Waals surface area contributed by atoms with Crippen molar-refractivity contribution in [3.63, 3.8) is 0 Å². The Hall–Kier alpha value is -2.06. The quantitative estimate of drug-likeness (QED) is 0.943. The van der Waals surface area contributed by atoms with E-state index in [1.54, 1.807) is 18.2 Å². The van der Waals surface area contributed by atoms with Crippen molar-refractivity contribution in [1.29, 1.82) is 5.26 Å². The van der Waals surface area contributed by atoms with Crippen molar-refractivity contribution in [3.05, 3.63) is 58.0 Å². The minimum absolute atomic E-state index is 0.151. The third-order valence-corrected chi connectivity index (χ3v) is 3.36. The van der Waals surface area contributed by atoms with Crippen LogP contribution in [0.5, 0.6) is 0 Å². The molecule has 4 nitrogen and oxygen atoms in total. The molecule has 0 saturated heterocycles. The Morgan fingerprint density at radius 3 is 2.58 bits per heavy atom. The number of furan rings is 1. The van der Waals surface area contributed by atoms with Crippen LogP contribution in [-0.2, 0) is 0 Å². The van der Waals surface area contributed by atoms with Crippen molar-refractivity contribution in [3.8, 4) is 6.07 Å². The average molecular weight is 319 g/mol. The fraction of sp³-hybridized carbons (Fsp3) is 0.143. The number of benzene rings is 1. The fourth-order valence-corrected chi connectivity index (χ4v) is 2.08. The molecule has 5 heteroatoms. The number of hydrogen-bond acceptors (Lipinski definition) is 3. The van der Waals surface area contributed by atoms with Crippen molar-refractivity contribution in [2.45, 2.75) is 13.0 Å². The molecule has 1 heterocycles. The van der Waals surface area contributed by atoms with Crippen molar-refractivity contribution in [2.75, 3.05) is 0 Å². The molecule has 1 aromatic heterocycles. The lowest BCUT2D eigenvalue weighted by molar-refractivity contribution is 0.0938. The van der Waals surface area contributed by atoms with E-state index < -0.39 is 0 Å². The van der Waals surface area contributed by atoms with Crippen molar-refractivity contribution in [1.82, 2.24) is 5.32 Å². The van der Waals surface area contributed by atoms with Gasteiger partial charge in [-0.15, -0.1) is 0 Å². The summed E-state index contributed by atoms with van der Waals surface area (Å²) in [6, 6.07) is 10.6. The Balaban J connectivity index is 2.08. The molecule has 2 rings (SSSR count). The van der Waals surface area contributed by atoms with E-state index in [-0.39, 0.29) is 11.9 Å². The molecule has 1 aromatic carbocycles. The van der Waals surface area contributed by atoms with Gasteiger partial charge in [0.25, 0.3) is 5.91 Å². The van der Waals surface area contributed by atoms with Crippen molar-refractivity contribution >= 4 is 21.8 Å². The first kappa shape index (κ1) is 13.4. The summed E-state index contributed by atoms with van der Waals surface area (Å²) in [5.41, 5.74) is 1.99. The summed E-state index contributed by atoms with van der Waals surface area (Å²) >= 11 is 3.17. The Morgan fingerprint density at radius 2 is 2.05 bits per heavy atom. The van der Waals surface area contributed by atoms with Gasteiger partial charge in [0.1, 0.15) is 0 Å².